The zero-order valence-electron chi connectivity index (χ0n) is 15.8. The first-order chi connectivity index (χ1) is 14.2. The zero-order valence-corrected chi connectivity index (χ0v) is 17.4. The summed E-state index contributed by atoms with van der Waals surface area (Å²) in [6.07, 6.45) is 0.625. The number of rotatable bonds is 8. The molecule has 1 aromatic heterocycles. The van der Waals surface area contributed by atoms with Crippen molar-refractivity contribution in [3.63, 3.8) is 0 Å². The molecule has 162 valence electrons. The summed E-state index contributed by atoms with van der Waals surface area (Å²) < 4.78 is 33.0. The minimum atomic E-state index is -4.77. The van der Waals surface area contributed by atoms with Crippen molar-refractivity contribution in [2.24, 2.45) is 5.16 Å². The van der Waals surface area contributed by atoms with E-state index in [2.05, 4.69) is 20.3 Å². The van der Waals surface area contributed by atoms with Gasteiger partial charge in [-0.05, 0) is 18.4 Å². The van der Waals surface area contributed by atoms with Gasteiger partial charge in [-0.25, -0.2) is 9.29 Å². The van der Waals surface area contributed by atoms with E-state index >= 15 is 0 Å². The molecule has 1 saturated heterocycles. The number of nitrogen functional groups attached to an aromatic ring is 1. The molecule has 1 aliphatic rings. The molecule has 1 aliphatic heterocycles. The minimum absolute atomic E-state index is 0. The van der Waals surface area contributed by atoms with Crippen molar-refractivity contribution < 1.29 is 27.4 Å². The standard InChI is InChI=1S/C17H19N5O6S2.Na.H/c1-28-21-13(11-9-29-17(18)19-11)15(23)20-14-12(22(16(14)24)30(25,26)27)8-7-10-5-3-2-4-6-10;;/h2-6,9,12,14H,7-8H2,1H3,(H2,18,19)(H,20,23)(H,25,26,27);;/b21-13-;;. The van der Waals surface area contributed by atoms with Crippen LogP contribution in [-0.4, -0.2) is 88.5 Å². The quantitative estimate of drug-likeness (QED) is 0.151. The van der Waals surface area contributed by atoms with Crippen LogP contribution < -0.4 is 11.1 Å². The Kier molecular flexibility index (Phi) is 8.57. The van der Waals surface area contributed by atoms with Crippen LogP contribution in [0.2, 0.25) is 0 Å². The van der Waals surface area contributed by atoms with Crippen molar-refractivity contribution in [3.8, 4) is 0 Å². The van der Waals surface area contributed by atoms with E-state index in [1.54, 1.807) is 0 Å². The van der Waals surface area contributed by atoms with Crippen LogP contribution in [0.5, 0.6) is 0 Å². The molecule has 2 aromatic rings. The van der Waals surface area contributed by atoms with Crippen LogP contribution in [0.4, 0.5) is 5.13 Å². The maximum atomic E-state index is 12.7. The SMILES string of the molecule is CO/N=C(\C(=O)NC1C(=O)N(S(=O)(=O)O)C1CCc1ccccc1)c1csc(N)n1.[NaH]. The maximum absolute atomic E-state index is 12.7. The second-order valence-corrected chi connectivity index (χ2v) is 8.53. The van der Waals surface area contributed by atoms with Crippen LogP contribution in [-0.2, 0) is 31.2 Å². The second kappa shape index (κ2) is 10.5. The number of β-lactam (4-membered cyclic amide) rings is 1. The van der Waals surface area contributed by atoms with Gasteiger partial charge in [0.1, 0.15) is 18.8 Å². The molecule has 0 saturated carbocycles. The number of carbonyl (C=O) groups excluding carboxylic acids is 2. The Balaban J connectivity index is 0.00000341. The Morgan fingerprint density at radius 1 is 1.39 bits per heavy atom. The van der Waals surface area contributed by atoms with Crippen LogP contribution in [0.1, 0.15) is 17.7 Å². The fraction of sp³-hybridized carbons (Fsp3) is 0.294. The average Bonchev–Trinajstić information content (AvgIpc) is 3.12. The second-order valence-electron chi connectivity index (χ2n) is 6.35. The Hall–Kier alpha value is -2.03. The predicted octanol–water partition coefficient (Wildman–Crippen LogP) is -0.441. The molecule has 2 atom stereocenters. The molecule has 11 nitrogen and oxygen atoms in total. The third-order valence-corrected chi connectivity index (χ3v) is 6.06. The number of benzene rings is 1. The molecule has 3 rings (SSSR count). The Morgan fingerprint density at radius 2 is 2.06 bits per heavy atom. The molecular formula is C17H20N5NaO6S2. The van der Waals surface area contributed by atoms with E-state index in [1.807, 2.05) is 30.3 Å². The summed E-state index contributed by atoms with van der Waals surface area (Å²) in [5.74, 6) is -1.74. The number of nitrogens with zero attached hydrogens (tertiary/aromatic N) is 3. The number of amides is 2. The predicted molar refractivity (Wildman–Crippen MR) is 116 cm³/mol. The van der Waals surface area contributed by atoms with E-state index in [9.17, 15) is 22.6 Å². The number of hydrogen-bond acceptors (Lipinski definition) is 9. The van der Waals surface area contributed by atoms with E-state index in [4.69, 9.17) is 5.73 Å². The number of carbonyl (C=O) groups is 2. The van der Waals surface area contributed by atoms with E-state index in [-0.39, 0.29) is 52.5 Å². The van der Waals surface area contributed by atoms with Gasteiger partial charge in [0, 0.05) is 5.38 Å². The van der Waals surface area contributed by atoms with Gasteiger partial charge < -0.3 is 15.9 Å². The number of hydrogen-bond donors (Lipinski definition) is 3. The van der Waals surface area contributed by atoms with Gasteiger partial charge in [0.05, 0.1) is 6.04 Å². The molecule has 1 aromatic carbocycles. The van der Waals surface area contributed by atoms with Gasteiger partial charge in [0.25, 0.3) is 11.8 Å². The molecule has 14 heteroatoms. The van der Waals surface area contributed by atoms with Crippen molar-refractivity contribution in [2.45, 2.75) is 24.9 Å². The number of aryl methyl sites for hydroxylation is 1. The summed E-state index contributed by atoms with van der Waals surface area (Å²) in [4.78, 5) is 33.7. The molecule has 0 aliphatic carbocycles. The van der Waals surface area contributed by atoms with Crippen molar-refractivity contribution in [1.82, 2.24) is 14.6 Å². The Labute approximate surface area is 204 Å². The van der Waals surface area contributed by atoms with Gasteiger partial charge in [-0.3, -0.25) is 14.1 Å². The average molecular weight is 478 g/mol. The number of anilines is 1. The van der Waals surface area contributed by atoms with Crippen molar-refractivity contribution in [1.29, 1.82) is 0 Å². The van der Waals surface area contributed by atoms with Crippen LogP contribution in [0.25, 0.3) is 0 Å². The molecule has 0 radical (unpaired) electrons. The van der Waals surface area contributed by atoms with Gasteiger partial charge >= 0.3 is 39.9 Å². The third-order valence-electron chi connectivity index (χ3n) is 4.44. The first-order valence-electron chi connectivity index (χ1n) is 8.70. The fourth-order valence-electron chi connectivity index (χ4n) is 3.11. The van der Waals surface area contributed by atoms with Crippen LogP contribution in [0.3, 0.4) is 0 Å². The fourth-order valence-corrected chi connectivity index (χ4v) is 4.56. The first kappa shape index (κ1) is 25.2. The monoisotopic (exact) mass is 477 g/mol. The first-order valence-corrected chi connectivity index (χ1v) is 11.0. The van der Waals surface area contributed by atoms with Crippen LogP contribution in [0, 0.1) is 0 Å². The van der Waals surface area contributed by atoms with Crippen molar-refractivity contribution in [2.75, 3.05) is 12.8 Å². The molecule has 0 bridgehead atoms. The molecular weight excluding hydrogens is 457 g/mol. The summed E-state index contributed by atoms with van der Waals surface area (Å²) >= 11 is 1.09. The van der Waals surface area contributed by atoms with Gasteiger partial charge in [-0.15, -0.1) is 11.3 Å². The summed E-state index contributed by atoms with van der Waals surface area (Å²) in [5.41, 5.74) is 6.43. The van der Waals surface area contributed by atoms with E-state index in [0.29, 0.717) is 10.7 Å². The van der Waals surface area contributed by atoms with E-state index < -0.39 is 34.2 Å². The zero-order chi connectivity index (χ0) is 21.9. The van der Waals surface area contributed by atoms with Gasteiger partial charge in [-0.1, -0.05) is 35.5 Å². The molecule has 1 fully saturated rings. The van der Waals surface area contributed by atoms with Crippen LogP contribution >= 0.6 is 11.3 Å². The van der Waals surface area contributed by atoms with Crippen molar-refractivity contribution >= 4 is 73.9 Å². The van der Waals surface area contributed by atoms with Crippen LogP contribution in [0.15, 0.2) is 40.9 Å². The normalized spacial score (nSPS) is 18.7. The Bertz CT molecular complexity index is 1080. The van der Waals surface area contributed by atoms with E-state index in [1.165, 1.54) is 12.5 Å². The number of oxime groups is 1. The topological polar surface area (TPSA) is 164 Å². The summed E-state index contributed by atoms with van der Waals surface area (Å²) in [7, 11) is -3.53. The Morgan fingerprint density at radius 3 is 2.61 bits per heavy atom. The molecule has 31 heavy (non-hydrogen) atoms. The number of nitrogens with two attached hydrogens (primary N) is 1. The summed E-state index contributed by atoms with van der Waals surface area (Å²) in [6.45, 7) is 0. The van der Waals surface area contributed by atoms with Gasteiger partial charge in [0.15, 0.2) is 10.8 Å². The number of aromatic nitrogens is 1. The van der Waals surface area contributed by atoms with Gasteiger partial charge in [-0.2, -0.15) is 8.42 Å². The molecule has 2 amide bonds. The number of nitrogens with one attached hydrogen (secondary N) is 1. The molecule has 4 N–H and O–H groups in total. The molecule has 2 unspecified atom stereocenters. The molecule has 0 spiro atoms. The summed E-state index contributed by atoms with van der Waals surface area (Å²) in [6, 6.07) is 7.07. The van der Waals surface area contributed by atoms with Gasteiger partial charge in [0.2, 0.25) is 0 Å². The van der Waals surface area contributed by atoms with Crippen molar-refractivity contribution in [3.05, 3.63) is 47.0 Å². The third kappa shape index (κ3) is 5.81. The molecule has 2 heterocycles. The number of thiazole rings is 1. The summed E-state index contributed by atoms with van der Waals surface area (Å²) in [5, 5.41) is 7.79. The van der Waals surface area contributed by atoms with E-state index in [0.717, 1.165) is 16.9 Å².